The van der Waals surface area contributed by atoms with Crippen LogP contribution in [0.4, 0.5) is 0 Å². The van der Waals surface area contributed by atoms with E-state index in [9.17, 15) is 0 Å². The number of hydrogen-bond acceptors (Lipinski definition) is 2. The van der Waals surface area contributed by atoms with Gasteiger partial charge in [-0.3, -0.25) is 0 Å². The molecule has 0 spiro atoms. The molecule has 0 aromatic carbocycles. The molecule has 0 aromatic heterocycles. The lowest BCUT2D eigenvalue weighted by atomic mass is 9.76. The summed E-state index contributed by atoms with van der Waals surface area (Å²) in [6.07, 6.45) is 4.08. The van der Waals surface area contributed by atoms with Crippen molar-refractivity contribution in [2.75, 3.05) is 40.8 Å². The van der Waals surface area contributed by atoms with E-state index in [0.29, 0.717) is 5.41 Å². The van der Waals surface area contributed by atoms with Gasteiger partial charge < -0.3 is 9.80 Å². The maximum absolute atomic E-state index is 2.45. The number of rotatable bonds is 3. The highest BCUT2D eigenvalue weighted by molar-refractivity contribution is 4.85. The Kier molecular flexibility index (Phi) is 7.20. The molecule has 0 bridgehead atoms. The van der Waals surface area contributed by atoms with E-state index in [1.807, 2.05) is 13.8 Å². The molecule has 0 radical (unpaired) electrons. The molecule has 0 atom stereocenters. The summed E-state index contributed by atoms with van der Waals surface area (Å²) in [5, 5.41) is 0. The third-order valence-corrected chi connectivity index (χ3v) is 3.45. The summed E-state index contributed by atoms with van der Waals surface area (Å²) in [7, 11) is 6.61. The number of piperidine rings is 1. The quantitative estimate of drug-likeness (QED) is 0.713. The van der Waals surface area contributed by atoms with Gasteiger partial charge in [0.15, 0.2) is 0 Å². The molecule has 1 aliphatic heterocycles. The Morgan fingerprint density at radius 3 is 1.93 bits per heavy atom. The van der Waals surface area contributed by atoms with Crippen LogP contribution in [0.15, 0.2) is 0 Å². The van der Waals surface area contributed by atoms with Gasteiger partial charge in [-0.2, -0.15) is 0 Å². The molecule has 15 heavy (non-hydrogen) atoms. The Bertz CT molecular complexity index is 147. The summed E-state index contributed by atoms with van der Waals surface area (Å²) in [5.41, 5.74) is 0.607. The van der Waals surface area contributed by atoms with Crippen molar-refractivity contribution in [3.05, 3.63) is 0 Å². The van der Waals surface area contributed by atoms with E-state index in [-0.39, 0.29) is 0 Å². The van der Waals surface area contributed by atoms with Crippen molar-refractivity contribution in [2.45, 2.75) is 40.0 Å². The number of likely N-dealkylation sites (tertiary alicyclic amines) is 1. The molecule has 1 aliphatic rings. The van der Waals surface area contributed by atoms with E-state index >= 15 is 0 Å². The van der Waals surface area contributed by atoms with Crippen LogP contribution in [0.2, 0.25) is 0 Å². The maximum Gasteiger partial charge on any atom is 0.00327 e. The first-order valence-corrected chi connectivity index (χ1v) is 6.41. The highest BCUT2D eigenvalue weighted by Crippen LogP contribution is 2.34. The predicted molar refractivity (Wildman–Crippen MR) is 69.4 cm³/mol. The molecule has 1 fully saturated rings. The van der Waals surface area contributed by atoms with Crippen molar-refractivity contribution in [1.82, 2.24) is 9.80 Å². The SMILES string of the molecule is CC.CCC1(CN(C)C)CCN(C)CC1. The summed E-state index contributed by atoms with van der Waals surface area (Å²) >= 11 is 0. The van der Waals surface area contributed by atoms with Crippen LogP contribution < -0.4 is 0 Å². The molecule has 0 aliphatic carbocycles. The van der Waals surface area contributed by atoms with E-state index in [0.717, 1.165) is 0 Å². The molecule has 1 heterocycles. The Labute approximate surface area is 96.6 Å². The molecule has 1 rings (SSSR count). The Morgan fingerprint density at radius 2 is 1.60 bits per heavy atom. The lowest BCUT2D eigenvalue weighted by molar-refractivity contribution is 0.0860. The molecule has 0 unspecified atom stereocenters. The summed E-state index contributed by atoms with van der Waals surface area (Å²) in [4.78, 5) is 4.79. The van der Waals surface area contributed by atoms with E-state index in [1.165, 1.54) is 38.9 Å². The largest absolute Gasteiger partial charge is 0.309 e. The van der Waals surface area contributed by atoms with Crippen LogP contribution >= 0.6 is 0 Å². The first kappa shape index (κ1) is 14.9. The van der Waals surface area contributed by atoms with Gasteiger partial charge in [-0.15, -0.1) is 0 Å². The summed E-state index contributed by atoms with van der Waals surface area (Å²) < 4.78 is 0. The molecule has 0 saturated carbocycles. The van der Waals surface area contributed by atoms with Crippen molar-refractivity contribution in [2.24, 2.45) is 5.41 Å². The lowest BCUT2D eigenvalue weighted by Gasteiger charge is -2.41. The average Bonchev–Trinajstić information content (AvgIpc) is 2.24. The minimum absolute atomic E-state index is 0.607. The highest BCUT2D eigenvalue weighted by atomic mass is 15.1. The molecule has 2 heteroatoms. The van der Waals surface area contributed by atoms with Crippen molar-refractivity contribution >= 4 is 0 Å². The fraction of sp³-hybridized carbons (Fsp3) is 1.00. The molecule has 1 saturated heterocycles. The van der Waals surface area contributed by atoms with Gasteiger partial charge in [0.05, 0.1) is 0 Å². The normalized spacial score (nSPS) is 21.0. The summed E-state index contributed by atoms with van der Waals surface area (Å²) in [6, 6.07) is 0. The zero-order valence-corrected chi connectivity index (χ0v) is 11.6. The van der Waals surface area contributed by atoms with Crippen molar-refractivity contribution in [3.8, 4) is 0 Å². The Morgan fingerprint density at radius 1 is 1.13 bits per heavy atom. The molecular weight excluding hydrogens is 184 g/mol. The minimum atomic E-state index is 0.607. The van der Waals surface area contributed by atoms with Gasteiger partial charge in [0.25, 0.3) is 0 Å². The van der Waals surface area contributed by atoms with Crippen LogP contribution in [0.5, 0.6) is 0 Å². The zero-order chi connectivity index (χ0) is 11.9. The number of nitrogens with zero attached hydrogens (tertiary/aromatic N) is 2. The van der Waals surface area contributed by atoms with E-state index < -0.39 is 0 Å². The van der Waals surface area contributed by atoms with Crippen LogP contribution in [0, 0.1) is 5.41 Å². The molecule has 2 nitrogen and oxygen atoms in total. The van der Waals surface area contributed by atoms with Crippen LogP contribution in [0.3, 0.4) is 0 Å². The zero-order valence-electron chi connectivity index (χ0n) is 11.6. The van der Waals surface area contributed by atoms with Gasteiger partial charge in [-0.05, 0) is 58.9 Å². The smallest absolute Gasteiger partial charge is 0.00327 e. The average molecular weight is 214 g/mol. The van der Waals surface area contributed by atoms with Crippen LogP contribution in [-0.4, -0.2) is 50.6 Å². The van der Waals surface area contributed by atoms with Crippen molar-refractivity contribution in [1.29, 1.82) is 0 Å². The molecular formula is C13H30N2. The van der Waals surface area contributed by atoms with Gasteiger partial charge in [0, 0.05) is 6.54 Å². The monoisotopic (exact) mass is 214 g/mol. The van der Waals surface area contributed by atoms with Gasteiger partial charge in [0.1, 0.15) is 0 Å². The standard InChI is InChI=1S/C11H24N2.C2H6/c1-5-11(10-12(2)3)6-8-13(4)9-7-11;1-2/h5-10H2,1-4H3;1-2H3. The van der Waals surface area contributed by atoms with Crippen LogP contribution in [0.1, 0.15) is 40.0 Å². The molecule has 92 valence electrons. The fourth-order valence-corrected chi connectivity index (χ4v) is 2.39. The van der Waals surface area contributed by atoms with Crippen molar-refractivity contribution < 1.29 is 0 Å². The third-order valence-electron chi connectivity index (χ3n) is 3.45. The minimum Gasteiger partial charge on any atom is -0.309 e. The molecule has 0 N–H and O–H groups in total. The van der Waals surface area contributed by atoms with Gasteiger partial charge >= 0.3 is 0 Å². The lowest BCUT2D eigenvalue weighted by Crippen LogP contribution is -2.43. The molecule has 0 aromatic rings. The first-order valence-electron chi connectivity index (χ1n) is 6.41. The predicted octanol–water partition coefficient (Wildman–Crippen LogP) is 2.70. The van der Waals surface area contributed by atoms with Crippen LogP contribution in [0.25, 0.3) is 0 Å². The Balaban J connectivity index is 0.000000921. The Hall–Kier alpha value is -0.0800. The highest BCUT2D eigenvalue weighted by Gasteiger charge is 2.32. The van der Waals surface area contributed by atoms with Gasteiger partial charge in [-0.1, -0.05) is 20.8 Å². The summed E-state index contributed by atoms with van der Waals surface area (Å²) in [6.45, 7) is 10.2. The second-order valence-electron chi connectivity index (χ2n) is 4.89. The number of hydrogen-bond donors (Lipinski definition) is 0. The van der Waals surface area contributed by atoms with E-state index in [1.54, 1.807) is 0 Å². The van der Waals surface area contributed by atoms with Crippen molar-refractivity contribution in [3.63, 3.8) is 0 Å². The second kappa shape index (κ2) is 7.24. The topological polar surface area (TPSA) is 6.48 Å². The van der Waals surface area contributed by atoms with Gasteiger partial charge in [-0.25, -0.2) is 0 Å². The third kappa shape index (κ3) is 4.98. The van der Waals surface area contributed by atoms with Crippen LogP contribution in [-0.2, 0) is 0 Å². The fourth-order valence-electron chi connectivity index (χ4n) is 2.39. The summed E-state index contributed by atoms with van der Waals surface area (Å²) in [5.74, 6) is 0. The maximum atomic E-state index is 2.45. The van der Waals surface area contributed by atoms with E-state index in [2.05, 4.69) is 37.9 Å². The molecule has 0 amide bonds. The van der Waals surface area contributed by atoms with Gasteiger partial charge in [0.2, 0.25) is 0 Å². The second-order valence-corrected chi connectivity index (χ2v) is 4.89. The van der Waals surface area contributed by atoms with E-state index in [4.69, 9.17) is 0 Å². The first-order chi connectivity index (χ1) is 7.08.